The van der Waals surface area contributed by atoms with E-state index in [4.69, 9.17) is 4.74 Å². The molecule has 5 heteroatoms. The molecule has 1 saturated heterocycles. The van der Waals surface area contributed by atoms with E-state index in [0.717, 1.165) is 12.7 Å². The lowest BCUT2D eigenvalue weighted by molar-refractivity contribution is -0.162. The fraction of sp³-hybridized carbons (Fsp3) is 0.526. The molecule has 1 saturated carbocycles. The van der Waals surface area contributed by atoms with Gasteiger partial charge in [-0.1, -0.05) is 26.0 Å². The van der Waals surface area contributed by atoms with Crippen LogP contribution in [0.5, 0.6) is 5.75 Å². The van der Waals surface area contributed by atoms with Gasteiger partial charge in [-0.25, -0.2) is 0 Å². The van der Waals surface area contributed by atoms with Gasteiger partial charge in [0.2, 0.25) is 5.91 Å². The van der Waals surface area contributed by atoms with Crippen molar-refractivity contribution in [3.05, 3.63) is 29.8 Å². The summed E-state index contributed by atoms with van der Waals surface area (Å²) < 4.78 is 5.56. The molecule has 3 atom stereocenters. The average molecular weight is 329 g/mol. The fourth-order valence-electron chi connectivity index (χ4n) is 4.75. The van der Waals surface area contributed by atoms with Crippen molar-refractivity contribution in [2.75, 3.05) is 6.54 Å². The third-order valence-corrected chi connectivity index (χ3v) is 5.34. The fourth-order valence-corrected chi connectivity index (χ4v) is 4.75. The largest absolute Gasteiger partial charge is 0.426 e. The SMILES string of the molecule is C[C@]12CNC(=O)[C@](C)(C1)C[C@@](C)(C(=O)Oc1cccc(C=O)c1)C2. The average Bonchev–Trinajstić information content (AvgIpc) is 2.50. The van der Waals surface area contributed by atoms with Crippen LogP contribution in [0, 0.1) is 16.2 Å². The lowest BCUT2D eigenvalue weighted by atomic mass is 9.52. The first kappa shape index (κ1) is 16.7. The van der Waals surface area contributed by atoms with E-state index < -0.39 is 10.8 Å². The van der Waals surface area contributed by atoms with Gasteiger partial charge in [0.05, 0.1) is 5.41 Å². The summed E-state index contributed by atoms with van der Waals surface area (Å²) in [6.45, 7) is 6.51. The Morgan fingerprint density at radius 2 is 1.96 bits per heavy atom. The number of amides is 1. The Morgan fingerprint density at radius 1 is 1.21 bits per heavy atom. The zero-order valence-corrected chi connectivity index (χ0v) is 14.3. The number of fused-ring (bicyclic) bond motifs is 2. The molecule has 0 spiro atoms. The Hall–Kier alpha value is -2.17. The van der Waals surface area contributed by atoms with Crippen molar-refractivity contribution in [3.8, 4) is 5.75 Å². The number of ether oxygens (including phenoxy) is 1. The zero-order chi connectivity index (χ0) is 17.6. The van der Waals surface area contributed by atoms with E-state index in [1.165, 1.54) is 0 Å². The van der Waals surface area contributed by atoms with Gasteiger partial charge in [0.1, 0.15) is 12.0 Å². The summed E-state index contributed by atoms with van der Waals surface area (Å²) in [6, 6.07) is 6.55. The highest BCUT2D eigenvalue weighted by atomic mass is 16.5. The van der Waals surface area contributed by atoms with Crippen LogP contribution in [0.15, 0.2) is 24.3 Å². The van der Waals surface area contributed by atoms with Gasteiger partial charge < -0.3 is 10.1 Å². The minimum absolute atomic E-state index is 0.0154. The summed E-state index contributed by atoms with van der Waals surface area (Å²) in [5.41, 5.74) is -0.927. The molecule has 2 fully saturated rings. The van der Waals surface area contributed by atoms with Crippen molar-refractivity contribution >= 4 is 18.2 Å². The summed E-state index contributed by atoms with van der Waals surface area (Å²) in [4.78, 5) is 36.1. The summed E-state index contributed by atoms with van der Waals surface area (Å²) in [5.74, 6) is 0.0420. The number of rotatable bonds is 3. The molecule has 5 nitrogen and oxygen atoms in total. The molecule has 2 bridgehead atoms. The molecular formula is C19H23NO4. The second-order valence-electron chi connectivity index (χ2n) is 8.22. The second-order valence-corrected chi connectivity index (χ2v) is 8.22. The Morgan fingerprint density at radius 3 is 2.67 bits per heavy atom. The number of carbonyl (C=O) groups excluding carboxylic acids is 3. The first-order valence-corrected chi connectivity index (χ1v) is 8.24. The van der Waals surface area contributed by atoms with Crippen molar-refractivity contribution < 1.29 is 19.1 Å². The normalized spacial score (nSPS) is 35.0. The highest BCUT2D eigenvalue weighted by molar-refractivity contribution is 5.86. The van der Waals surface area contributed by atoms with Crippen LogP contribution in [0.25, 0.3) is 0 Å². The number of hydrogen-bond acceptors (Lipinski definition) is 4. The van der Waals surface area contributed by atoms with E-state index in [1.807, 2.05) is 13.8 Å². The smallest absolute Gasteiger partial charge is 0.317 e. The number of nitrogens with one attached hydrogen (secondary N) is 1. The van der Waals surface area contributed by atoms with Crippen LogP contribution >= 0.6 is 0 Å². The van der Waals surface area contributed by atoms with E-state index in [-0.39, 0.29) is 17.3 Å². The molecule has 128 valence electrons. The van der Waals surface area contributed by atoms with Crippen LogP contribution < -0.4 is 10.1 Å². The highest BCUT2D eigenvalue weighted by Crippen LogP contribution is 2.56. The summed E-state index contributed by atoms with van der Waals surface area (Å²) >= 11 is 0. The topological polar surface area (TPSA) is 72.5 Å². The molecule has 0 radical (unpaired) electrons. The van der Waals surface area contributed by atoms with Gasteiger partial charge >= 0.3 is 5.97 Å². The quantitative estimate of drug-likeness (QED) is 0.526. The standard InChI is InChI=1S/C19H23NO4/c1-17-9-18(2,15(22)20-12-17)11-19(3,10-17)16(23)24-14-6-4-5-13(7-14)8-21/h4-8H,9-12H2,1-3H3,(H,20,22)/t17-,18+,19-/m0/s1. The number of piperidine rings is 1. The maximum atomic E-state index is 12.9. The molecule has 1 aliphatic carbocycles. The van der Waals surface area contributed by atoms with Gasteiger partial charge in [-0.3, -0.25) is 14.4 Å². The van der Waals surface area contributed by atoms with Crippen molar-refractivity contribution in [1.29, 1.82) is 0 Å². The van der Waals surface area contributed by atoms with Crippen molar-refractivity contribution in [2.45, 2.75) is 40.0 Å². The number of carbonyl (C=O) groups is 3. The van der Waals surface area contributed by atoms with Crippen LogP contribution in [0.3, 0.4) is 0 Å². The van der Waals surface area contributed by atoms with Gasteiger partial charge in [0.15, 0.2) is 0 Å². The van der Waals surface area contributed by atoms with Gasteiger partial charge in [-0.05, 0) is 43.7 Å². The van der Waals surface area contributed by atoms with Crippen LogP contribution in [0.1, 0.15) is 50.4 Å². The summed E-state index contributed by atoms with van der Waals surface area (Å²) in [6.07, 6.45) is 2.64. The molecule has 1 aromatic rings. The van der Waals surface area contributed by atoms with Gasteiger partial charge in [0, 0.05) is 17.5 Å². The Balaban J connectivity index is 1.85. The van der Waals surface area contributed by atoms with E-state index in [1.54, 1.807) is 24.3 Å². The first-order valence-electron chi connectivity index (χ1n) is 8.24. The Kier molecular flexibility index (Phi) is 3.78. The van der Waals surface area contributed by atoms with Crippen molar-refractivity contribution in [3.63, 3.8) is 0 Å². The molecule has 3 rings (SSSR count). The van der Waals surface area contributed by atoms with Crippen LogP contribution in [0.4, 0.5) is 0 Å². The molecule has 1 aromatic carbocycles. The minimum atomic E-state index is -0.726. The van der Waals surface area contributed by atoms with Gasteiger partial charge in [-0.2, -0.15) is 0 Å². The molecule has 0 unspecified atom stereocenters. The summed E-state index contributed by atoms with van der Waals surface area (Å²) in [5, 5.41) is 2.98. The van der Waals surface area contributed by atoms with E-state index in [2.05, 4.69) is 12.2 Å². The monoisotopic (exact) mass is 329 g/mol. The molecule has 1 heterocycles. The molecule has 1 N–H and O–H groups in total. The number of benzene rings is 1. The highest BCUT2D eigenvalue weighted by Gasteiger charge is 2.58. The maximum Gasteiger partial charge on any atom is 0.317 e. The maximum absolute atomic E-state index is 12.9. The summed E-state index contributed by atoms with van der Waals surface area (Å²) in [7, 11) is 0. The van der Waals surface area contributed by atoms with Gasteiger partial charge in [-0.15, -0.1) is 0 Å². The minimum Gasteiger partial charge on any atom is -0.426 e. The van der Waals surface area contributed by atoms with E-state index in [0.29, 0.717) is 30.7 Å². The predicted molar refractivity (Wildman–Crippen MR) is 88.6 cm³/mol. The number of hydrogen-bond donors (Lipinski definition) is 1. The van der Waals surface area contributed by atoms with Crippen molar-refractivity contribution in [1.82, 2.24) is 5.32 Å². The molecule has 24 heavy (non-hydrogen) atoms. The number of esters is 1. The Labute approximate surface area is 141 Å². The number of aldehydes is 1. The van der Waals surface area contributed by atoms with Crippen molar-refractivity contribution in [2.24, 2.45) is 16.2 Å². The first-order chi connectivity index (χ1) is 11.2. The second kappa shape index (κ2) is 5.43. The van der Waals surface area contributed by atoms with Crippen LogP contribution in [-0.2, 0) is 9.59 Å². The van der Waals surface area contributed by atoms with Crippen LogP contribution in [-0.4, -0.2) is 24.7 Å². The lowest BCUT2D eigenvalue weighted by Gasteiger charge is -2.54. The van der Waals surface area contributed by atoms with E-state index >= 15 is 0 Å². The molecule has 2 aliphatic rings. The van der Waals surface area contributed by atoms with Gasteiger partial charge in [0.25, 0.3) is 0 Å². The third kappa shape index (κ3) is 2.83. The zero-order valence-electron chi connectivity index (χ0n) is 14.3. The van der Waals surface area contributed by atoms with Crippen LogP contribution in [0.2, 0.25) is 0 Å². The molecular weight excluding hydrogens is 306 g/mol. The van der Waals surface area contributed by atoms with E-state index in [9.17, 15) is 14.4 Å². The lowest BCUT2D eigenvalue weighted by Crippen LogP contribution is -2.60. The predicted octanol–water partition coefficient (Wildman–Crippen LogP) is 2.74. The molecule has 1 amide bonds. The molecule has 0 aromatic heterocycles. The third-order valence-electron chi connectivity index (χ3n) is 5.34. The Bertz CT molecular complexity index is 715. The molecule has 1 aliphatic heterocycles.